The molecule has 2 heterocycles. The Morgan fingerprint density at radius 2 is 1.11 bits per heavy atom. The largest absolute Gasteiger partial charge is 0.493 e. The second-order valence-electron chi connectivity index (χ2n) is 12.5. The number of amides is 1. The van der Waals surface area contributed by atoms with Crippen molar-refractivity contribution in [2.24, 2.45) is 0 Å². The summed E-state index contributed by atoms with van der Waals surface area (Å²) in [5.74, 6) is 2.71. The van der Waals surface area contributed by atoms with Gasteiger partial charge in [0, 0.05) is 17.2 Å². The molecule has 0 saturated heterocycles. The van der Waals surface area contributed by atoms with Crippen molar-refractivity contribution in [1.82, 2.24) is 15.0 Å². The molecule has 0 saturated carbocycles. The molecule has 0 spiro atoms. The molecular weight excluding hydrogens is 714 g/mol. The molecule has 0 atom stereocenters. The molecule has 6 aromatic rings. The van der Waals surface area contributed by atoms with Crippen LogP contribution in [0, 0.1) is 0 Å². The van der Waals surface area contributed by atoms with E-state index in [2.05, 4.69) is 10.6 Å². The molecule has 56 heavy (non-hydrogen) atoms. The van der Waals surface area contributed by atoms with Crippen LogP contribution in [0.1, 0.15) is 36.9 Å². The average Bonchev–Trinajstić information content (AvgIpc) is 3.24. The number of unbranched alkanes of at least 4 members (excludes halogenated alkanes) is 1. The quantitative estimate of drug-likeness (QED) is 0.0909. The standard InChI is InChI=1S/C43H45N5O8/c1-8-9-20-56-43(49)46-35-25-30(44-36(26-16-12-10-13-17-26)27-18-14-11-15-19-27)39-42(45-35)48-38(29-23-33(52-4)41(55-7)34(24-29)53-5)37(47-39)28-21-31(50-2)40(54-6)32(22-28)51-3/h10-19,21-25,36H,8-9,20H2,1-7H3,(H2,44,45,46,48,49). The number of carbonyl (C=O) groups excluding carboxylic acids is 1. The fraction of sp³-hybridized carbons (Fsp3) is 0.256. The van der Waals surface area contributed by atoms with Gasteiger partial charge in [0.25, 0.3) is 0 Å². The molecule has 4 aromatic carbocycles. The van der Waals surface area contributed by atoms with Crippen molar-refractivity contribution in [1.29, 1.82) is 0 Å². The van der Waals surface area contributed by atoms with Crippen molar-refractivity contribution in [3.63, 3.8) is 0 Å². The first-order chi connectivity index (χ1) is 27.3. The molecule has 0 aliphatic carbocycles. The van der Waals surface area contributed by atoms with Crippen molar-refractivity contribution in [2.75, 3.05) is 59.9 Å². The number of nitrogens with one attached hydrogen (secondary N) is 2. The lowest BCUT2D eigenvalue weighted by molar-refractivity contribution is 0.160. The van der Waals surface area contributed by atoms with E-state index in [1.54, 1.807) is 65.9 Å². The number of nitrogens with zero attached hydrogens (tertiary/aromatic N) is 3. The molecular formula is C43H45N5O8. The highest BCUT2D eigenvalue weighted by Gasteiger charge is 2.25. The van der Waals surface area contributed by atoms with Gasteiger partial charge in [0.2, 0.25) is 11.5 Å². The van der Waals surface area contributed by atoms with Crippen LogP contribution in [0.3, 0.4) is 0 Å². The monoisotopic (exact) mass is 759 g/mol. The van der Waals surface area contributed by atoms with Crippen molar-refractivity contribution in [3.05, 3.63) is 102 Å². The molecule has 2 N–H and O–H groups in total. The highest BCUT2D eigenvalue weighted by Crippen LogP contribution is 2.46. The van der Waals surface area contributed by atoms with E-state index >= 15 is 0 Å². The summed E-state index contributed by atoms with van der Waals surface area (Å²) >= 11 is 0. The first-order valence-corrected chi connectivity index (χ1v) is 18.0. The molecule has 0 fully saturated rings. The summed E-state index contributed by atoms with van der Waals surface area (Å²) in [6, 6.07) is 28.7. The summed E-state index contributed by atoms with van der Waals surface area (Å²) in [5, 5.41) is 6.52. The number of anilines is 2. The average molecular weight is 760 g/mol. The fourth-order valence-electron chi connectivity index (χ4n) is 6.30. The second kappa shape index (κ2) is 18.0. The van der Waals surface area contributed by atoms with Gasteiger partial charge in [-0.25, -0.2) is 19.7 Å². The molecule has 0 unspecified atom stereocenters. The number of ether oxygens (including phenoxy) is 7. The number of fused-ring (bicyclic) bond motifs is 1. The van der Waals surface area contributed by atoms with E-state index in [0.29, 0.717) is 68.2 Å². The number of carbonyl (C=O) groups is 1. The van der Waals surface area contributed by atoms with E-state index in [4.69, 9.17) is 48.1 Å². The molecule has 13 heteroatoms. The molecule has 290 valence electrons. The highest BCUT2D eigenvalue weighted by molar-refractivity contribution is 5.95. The van der Waals surface area contributed by atoms with Crippen molar-refractivity contribution < 1.29 is 38.0 Å². The van der Waals surface area contributed by atoms with E-state index in [-0.39, 0.29) is 24.1 Å². The molecule has 0 aliphatic rings. The molecule has 2 aromatic heterocycles. The van der Waals surface area contributed by atoms with Crippen LogP contribution in [0.25, 0.3) is 33.7 Å². The van der Waals surface area contributed by atoms with Gasteiger partial charge < -0.3 is 38.5 Å². The van der Waals surface area contributed by atoms with Gasteiger partial charge in [-0.15, -0.1) is 0 Å². The van der Waals surface area contributed by atoms with Crippen molar-refractivity contribution in [2.45, 2.75) is 25.8 Å². The van der Waals surface area contributed by atoms with E-state index in [1.165, 1.54) is 7.11 Å². The van der Waals surface area contributed by atoms with Gasteiger partial charge >= 0.3 is 6.09 Å². The predicted octanol–water partition coefficient (Wildman–Crippen LogP) is 8.96. The van der Waals surface area contributed by atoms with Gasteiger partial charge in [0.15, 0.2) is 28.6 Å². The molecule has 6 rings (SSSR count). The van der Waals surface area contributed by atoms with Crippen LogP contribution in [-0.2, 0) is 4.74 Å². The van der Waals surface area contributed by atoms with Gasteiger partial charge in [-0.1, -0.05) is 74.0 Å². The molecule has 13 nitrogen and oxygen atoms in total. The summed E-state index contributed by atoms with van der Waals surface area (Å²) in [5.41, 5.74) is 5.26. The van der Waals surface area contributed by atoms with E-state index in [0.717, 1.165) is 24.0 Å². The zero-order chi connectivity index (χ0) is 39.6. The molecule has 1 amide bonds. The van der Waals surface area contributed by atoms with E-state index in [9.17, 15) is 4.79 Å². The SMILES string of the molecule is CCCCOC(=O)Nc1cc(NC(c2ccccc2)c2ccccc2)c2nc(-c3cc(OC)c(OC)c(OC)c3)c(-c3cc(OC)c(OC)c(OC)c3)nc2n1. The number of benzene rings is 4. The van der Waals surface area contributed by atoms with E-state index < -0.39 is 6.09 Å². The maximum atomic E-state index is 13.0. The Morgan fingerprint density at radius 1 is 0.625 bits per heavy atom. The number of rotatable bonds is 16. The Kier molecular flexibility index (Phi) is 12.6. The van der Waals surface area contributed by atoms with Crippen LogP contribution in [0.15, 0.2) is 91.0 Å². The number of pyridine rings is 1. The van der Waals surface area contributed by atoms with Gasteiger partial charge in [0.1, 0.15) is 11.3 Å². The maximum Gasteiger partial charge on any atom is 0.412 e. The minimum atomic E-state index is -0.634. The summed E-state index contributed by atoms with van der Waals surface area (Å²) in [6.45, 7) is 2.30. The van der Waals surface area contributed by atoms with Crippen LogP contribution in [0.5, 0.6) is 34.5 Å². The van der Waals surface area contributed by atoms with E-state index in [1.807, 2.05) is 67.6 Å². The Hall–Kier alpha value is -6.76. The molecule has 0 aliphatic heterocycles. The van der Waals surface area contributed by atoms with Gasteiger partial charge in [-0.3, -0.25) is 5.32 Å². The van der Waals surface area contributed by atoms with Crippen molar-refractivity contribution in [3.8, 4) is 57.0 Å². The number of hydrogen-bond acceptors (Lipinski definition) is 12. The lowest BCUT2D eigenvalue weighted by Gasteiger charge is -2.23. The zero-order valence-corrected chi connectivity index (χ0v) is 32.5. The predicted molar refractivity (Wildman–Crippen MR) is 216 cm³/mol. The number of methoxy groups -OCH3 is 6. The Morgan fingerprint density at radius 3 is 1.55 bits per heavy atom. The normalized spacial score (nSPS) is 10.9. The highest BCUT2D eigenvalue weighted by atomic mass is 16.6. The van der Waals surface area contributed by atoms with Crippen LogP contribution in [0.4, 0.5) is 16.3 Å². The van der Waals surface area contributed by atoms with Gasteiger partial charge in [-0.05, 0) is 41.8 Å². The fourth-order valence-corrected chi connectivity index (χ4v) is 6.30. The first-order valence-electron chi connectivity index (χ1n) is 18.0. The minimum Gasteiger partial charge on any atom is -0.493 e. The van der Waals surface area contributed by atoms with Crippen molar-refractivity contribution >= 4 is 28.8 Å². The summed E-state index contributed by atoms with van der Waals surface area (Å²) < 4.78 is 39.7. The van der Waals surface area contributed by atoms with Crippen LogP contribution in [-0.4, -0.2) is 70.3 Å². The lowest BCUT2D eigenvalue weighted by atomic mass is 9.98. The number of hydrogen-bond donors (Lipinski definition) is 2. The number of aromatic nitrogens is 3. The lowest BCUT2D eigenvalue weighted by Crippen LogP contribution is -2.17. The topological polar surface area (TPSA) is 144 Å². The van der Waals surface area contributed by atoms with Gasteiger partial charge in [0.05, 0.1) is 72.4 Å². The minimum absolute atomic E-state index is 0.215. The Bertz CT molecular complexity index is 2200. The van der Waals surface area contributed by atoms with Crippen LogP contribution >= 0.6 is 0 Å². The third kappa shape index (κ3) is 8.31. The zero-order valence-electron chi connectivity index (χ0n) is 32.5. The van der Waals surface area contributed by atoms with Gasteiger partial charge in [-0.2, -0.15) is 0 Å². The van der Waals surface area contributed by atoms with Crippen LogP contribution in [0.2, 0.25) is 0 Å². The molecule has 0 bridgehead atoms. The summed E-state index contributed by atoms with van der Waals surface area (Å²) in [7, 11) is 9.26. The third-order valence-corrected chi connectivity index (χ3v) is 9.04. The first kappa shape index (κ1) is 38.9. The smallest absolute Gasteiger partial charge is 0.412 e. The molecule has 0 radical (unpaired) electrons. The summed E-state index contributed by atoms with van der Waals surface area (Å²) in [4.78, 5) is 28.3. The Balaban J connectivity index is 1.66. The van der Waals surface area contributed by atoms with Crippen LogP contribution < -0.4 is 39.1 Å². The summed E-state index contributed by atoms with van der Waals surface area (Å²) in [6.07, 6.45) is 0.976. The second-order valence-corrected chi connectivity index (χ2v) is 12.5. The maximum absolute atomic E-state index is 13.0. The third-order valence-electron chi connectivity index (χ3n) is 9.04. The Labute approximate surface area is 325 Å².